The van der Waals surface area contributed by atoms with Gasteiger partial charge in [-0.2, -0.15) is 4.31 Å². The van der Waals surface area contributed by atoms with Gasteiger partial charge < -0.3 is 9.64 Å². The fourth-order valence-corrected chi connectivity index (χ4v) is 7.23. The third-order valence-corrected chi connectivity index (χ3v) is 9.76. The van der Waals surface area contributed by atoms with E-state index in [0.717, 1.165) is 36.8 Å². The topological polar surface area (TPSA) is 84.0 Å². The van der Waals surface area contributed by atoms with Gasteiger partial charge in [0.2, 0.25) is 15.9 Å². The summed E-state index contributed by atoms with van der Waals surface area (Å²) in [6, 6.07) is 16.1. The Morgan fingerprint density at radius 1 is 0.974 bits per heavy atom. The molecule has 0 aromatic heterocycles. The number of nitrogens with zero attached hydrogens (tertiary/aromatic N) is 2. The number of hydrogen-bond acceptors (Lipinski definition) is 5. The van der Waals surface area contributed by atoms with Gasteiger partial charge >= 0.3 is 5.97 Å². The maximum Gasteiger partial charge on any atom is 0.337 e. The van der Waals surface area contributed by atoms with Crippen LogP contribution >= 0.6 is 0 Å². The summed E-state index contributed by atoms with van der Waals surface area (Å²) >= 11 is 0. The molecule has 2 aliphatic rings. The molecule has 0 radical (unpaired) electrons. The van der Waals surface area contributed by atoms with E-state index in [1.165, 1.54) is 30.0 Å². The number of piperidine rings is 1. The van der Waals surface area contributed by atoms with E-state index in [2.05, 4.69) is 25.1 Å². The smallest absolute Gasteiger partial charge is 0.337 e. The van der Waals surface area contributed by atoms with Crippen molar-refractivity contribution in [2.45, 2.75) is 56.8 Å². The van der Waals surface area contributed by atoms with Crippen LogP contribution in [-0.2, 0) is 19.6 Å². The molecule has 2 aromatic carbocycles. The number of methoxy groups -OCH3 is 1. The quantitative estimate of drug-likeness (QED) is 0.390. The second-order valence-electron chi connectivity index (χ2n) is 10.8. The Labute approximate surface area is 232 Å². The summed E-state index contributed by atoms with van der Waals surface area (Å²) in [5.74, 6) is -0.00368. The summed E-state index contributed by atoms with van der Waals surface area (Å²) in [4.78, 5) is 27.7. The van der Waals surface area contributed by atoms with Crippen molar-refractivity contribution < 1.29 is 22.7 Å². The Kier molecular flexibility index (Phi) is 9.97. The predicted octanol–water partition coefficient (Wildman–Crippen LogP) is 5.39. The van der Waals surface area contributed by atoms with E-state index in [-0.39, 0.29) is 28.2 Å². The molecule has 1 aliphatic carbocycles. The molecule has 7 nitrogen and oxygen atoms in total. The highest BCUT2D eigenvalue weighted by Crippen LogP contribution is 2.29. The molecule has 1 saturated carbocycles. The number of benzene rings is 2. The second-order valence-corrected chi connectivity index (χ2v) is 12.8. The van der Waals surface area contributed by atoms with Gasteiger partial charge in [0.25, 0.3) is 0 Å². The summed E-state index contributed by atoms with van der Waals surface area (Å²) in [6.07, 6.45) is 8.84. The van der Waals surface area contributed by atoms with Crippen LogP contribution in [0.15, 0.2) is 65.1 Å². The summed E-state index contributed by atoms with van der Waals surface area (Å²) in [5, 5.41) is 0. The number of carbonyl (C=O) groups is 2. The molecule has 2 aromatic rings. The highest BCUT2D eigenvalue weighted by molar-refractivity contribution is 7.89. The maximum atomic E-state index is 13.6. The number of ether oxygens (including phenoxy) is 1. The van der Waals surface area contributed by atoms with E-state index in [1.807, 2.05) is 23.1 Å². The lowest BCUT2D eigenvalue weighted by atomic mass is 9.87. The molecule has 0 atom stereocenters. The van der Waals surface area contributed by atoms with Crippen molar-refractivity contribution >= 4 is 28.0 Å². The van der Waals surface area contributed by atoms with E-state index >= 15 is 0 Å². The van der Waals surface area contributed by atoms with Crippen molar-refractivity contribution in [3.63, 3.8) is 0 Å². The van der Waals surface area contributed by atoms with Crippen molar-refractivity contribution in [2.24, 2.45) is 11.8 Å². The fraction of sp³-hybridized carbons (Fsp3) is 0.484. The van der Waals surface area contributed by atoms with Crippen LogP contribution in [0.3, 0.4) is 0 Å². The molecule has 0 bridgehead atoms. The summed E-state index contributed by atoms with van der Waals surface area (Å²) in [5.41, 5.74) is 2.47. The number of esters is 1. The molecule has 1 heterocycles. The fourth-order valence-electron chi connectivity index (χ4n) is 5.71. The Morgan fingerprint density at radius 2 is 1.67 bits per heavy atom. The monoisotopic (exact) mass is 552 g/mol. The van der Waals surface area contributed by atoms with Gasteiger partial charge in [0.15, 0.2) is 0 Å². The van der Waals surface area contributed by atoms with Gasteiger partial charge in [-0.05, 0) is 62.3 Å². The molecule has 2 fully saturated rings. The average molecular weight is 553 g/mol. The van der Waals surface area contributed by atoms with Crippen molar-refractivity contribution in [3.05, 3.63) is 71.3 Å². The highest BCUT2D eigenvalue weighted by Gasteiger charge is 2.33. The zero-order chi connectivity index (χ0) is 27.8. The first-order valence-corrected chi connectivity index (χ1v) is 15.4. The van der Waals surface area contributed by atoms with Crippen LogP contribution in [0.1, 0.15) is 67.8 Å². The highest BCUT2D eigenvalue weighted by atomic mass is 32.2. The van der Waals surface area contributed by atoms with Crippen molar-refractivity contribution in [1.29, 1.82) is 0 Å². The number of amides is 1. The SMILES string of the molecule is COC(=O)c1cccc(S(=O)(=O)N2CCC(CN(CC(C)=Cc3ccccc3)C(=O)C3CCCCC3)CC2)c1. The Hall–Kier alpha value is -2.97. The number of sulfonamides is 1. The van der Waals surface area contributed by atoms with Gasteiger partial charge in [0, 0.05) is 32.1 Å². The Morgan fingerprint density at radius 3 is 2.33 bits per heavy atom. The van der Waals surface area contributed by atoms with Crippen LogP contribution in [0, 0.1) is 11.8 Å². The van der Waals surface area contributed by atoms with Gasteiger partial charge in [-0.15, -0.1) is 0 Å². The van der Waals surface area contributed by atoms with E-state index in [0.29, 0.717) is 39.0 Å². The Bertz CT molecular complexity index is 1260. The van der Waals surface area contributed by atoms with E-state index in [9.17, 15) is 18.0 Å². The Balaban J connectivity index is 1.43. The van der Waals surface area contributed by atoms with Crippen LogP contribution in [0.5, 0.6) is 0 Å². The lowest BCUT2D eigenvalue weighted by Gasteiger charge is -2.36. The standard InChI is InChI=1S/C31H40N2O5S/c1-24(20-25-10-5-3-6-11-25)22-32(30(34)27-12-7-4-8-13-27)23-26-16-18-33(19-17-26)39(36,37)29-15-9-14-28(21-29)31(35)38-2/h3,5-6,9-11,14-15,20-21,26-27H,4,7-8,12-13,16-19,22-23H2,1-2H3. The van der Waals surface area contributed by atoms with Gasteiger partial charge in [-0.3, -0.25) is 4.79 Å². The van der Waals surface area contributed by atoms with E-state index < -0.39 is 16.0 Å². The van der Waals surface area contributed by atoms with Crippen LogP contribution in [0.4, 0.5) is 0 Å². The maximum absolute atomic E-state index is 13.6. The van der Waals surface area contributed by atoms with Crippen molar-refractivity contribution in [2.75, 3.05) is 33.3 Å². The molecule has 0 N–H and O–H groups in total. The molecule has 0 spiro atoms. The zero-order valence-electron chi connectivity index (χ0n) is 23.1. The van der Waals surface area contributed by atoms with Crippen molar-refractivity contribution in [3.8, 4) is 0 Å². The van der Waals surface area contributed by atoms with Crippen molar-refractivity contribution in [1.82, 2.24) is 9.21 Å². The third-order valence-electron chi connectivity index (χ3n) is 7.86. The summed E-state index contributed by atoms with van der Waals surface area (Å²) < 4.78 is 32.9. The van der Waals surface area contributed by atoms with Crippen LogP contribution in [0.2, 0.25) is 0 Å². The number of rotatable bonds is 9. The van der Waals surface area contributed by atoms with Gasteiger partial charge in [0.1, 0.15) is 0 Å². The van der Waals surface area contributed by atoms with Gasteiger partial charge in [0.05, 0.1) is 17.6 Å². The van der Waals surface area contributed by atoms with E-state index in [1.54, 1.807) is 12.1 Å². The minimum Gasteiger partial charge on any atom is -0.465 e. The molecular formula is C31H40N2O5S. The first-order valence-electron chi connectivity index (χ1n) is 14.0. The molecule has 210 valence electrons. The van der Waals surface area contributed by atoms with E-state index in [4.69, 9.17) is 4.74 Å². The second kappa shape index (κ2) is 13.4. The van der Waals surface area contributed by atoms with Crippen LogP contribution < -0.4 is 0 Å². The summed E-state index contributed by atoms with van der Waals surface area (Å²) in [7, 11) is -2.46. The predicted molar refractivity (Wildman–Crippen MR) is 153 cm³/mol. The first-order chi connectivity index (χ1) is 18.8. The average Bonchev–Trinajstić information content (AvgIpc) is 2.97. The molecule has 8 heteroatoms. The molecule has 1 aliphatic heterocycles. The number of carbonyl (C=O) groups excluding carboxylic acids is 2. The largest absolute Gasteiger partial charge is 0.465 e. The normalized spacial score (nSPS) is 18.1. The molecule has 1 saturated heterocycles. The van der Waals surface area contributed by atoms with Gasteiger partial charge in [-0.1, -0.05) is 67.3 Å². The van der Waals surface area contributed by atoms with Crippen LogP contribution in [-0.4, -0.2) is 62.8 Å². The molecule has 1 amide bonds. The molecular weight excluding hydrogens is 512 g/mol. The molecule has 0 unspecified atom stereocenters. The first kappa shape index (κ1) is 29.0. The lowest BCUT2D eigenvalue weighted by Crippen LogP contribution is -2.45. The molecule has 39 heavy (non-hydrogen) atoms. The van der Waals surface area contributed by atoms with Crippen LogP contribution in [0.25, 0.3) is 6.08 Å². The zero-order valence-corrected chi connectivity index (χ0v) is 23.9. The van der Waals surface area contributed by atoms with Gasteiger partial charge in [-0.25, -0.2) is 13.2 Å². The number of hydrogen-bond donors (Lipinski definition) is 0. The third kappa shape index (κ3) is 7.57. The molecule has 4 rings (SSSR count). The minimum absolute atomic E-state index is 0.0887. The lowest BCUT2D eigenvalue weighted by molar-refractivity contribution is -0.137. The summed E-state index contributed by atoms with van der Waals surface area (Å²) in [6.45, 7) is 4.08. The minimum atomic E-state index is -3.73.